The molecule has 2 bridgehead atoms. The molecule has 14 heteroatoms. The van der Waals surface area contributed by atoms with E-state index in [-0.39, 0.29) is 36.7 Å². The minimum Gasteiger partial charge on any atom is -0.444 e. The van der Waals surface area contributed by atoms with Crippen LogP contribution in [0.1, 0.15) is 112 Å². The number of hydrogen-bond donors (Lipinski definition) is 3. The van der Waals surface area contributed by atoms with Crippen molar-refractivity contribution in [2.45, 2.75) is 150 Å². The molecule has 4 fully saturated rings. The highest BCUT2D eigenvalue weighted by molar-refractivity contribution is 6.45. The van der Waals surface area contributed by atoms with Crippen LogP contribution in [0, 0.1) is 28.5 Å². The van der Waals surface area contributed by atoms with Gasteiger partial charge in [0.15, 0.2) is 0 Å². The van der Waals surface area contributed by atoms with Gasteiger partial charge in [-0.15, -0.1) is 0 Å². The molecule has 6 rings (SSSR count). The lowest BCUT2D eigenvalue weighted by Crippen LogP contribution is -2.64. The van der Waals surface area contributed by atoms with E-state index >= 15 is 0 Å². The molecule has 1 saturated heterocycles. The molecule has 7 atom stereocenters. The molecule has 0 aromatic heterocycles. The smallest absolute Gasteiger partial charge is 0.444 e. The maximum atomic E-state index is 14.4. The first kappa shape index (κ1) is 40.8. The molecule has 2 aliphatic heterocycles. The number of alkyl carbamates (subject to hydrolysis) is 1. The van der Waals surface area contributed by atoms with E-state index in [1.807, 2.05) is 13.8 Å². The zero-order valence-corrected chi connectivity index (χ0v) is 33.2. The van der Waals surface area contributed by atoms with Crippen LogP contribution in [0.25, 0.3) is 0 Å². The largest absolute Gasteiger partial charge is 0.478 e. The van der Waals surface area contributed by atoms with E-state index in [0.717, 1.165) is 30.4 Å². The topological polar surface area (TPSA) is 147 Å². The first-order chi connectivity index (χ1) is 24.5. The molecule has 3 saturated carbocycles. The molecule has 0 radical (unpaired) electrons. The molecule has 12 nitrogen and oxygen atoms in total. The summed E-state index contributed by atoms with van der Waals surface area (Å²) in [6.45, 7) is 19.4. The summed E-state index contributed by atoms with van der Waals surface area (Å²) in [6, 6.07) is 2.33. The van der Waals surface area contributed by atoms with Gasteiger partial charge in [0.1, 0.15) is 29.6 Å². The van der Waals surface area contributed by atoms with Gasteiger partial charge < -0.3 is 39.6 Å². The quantitative estimate of drug-likeness (QED) is 0.286. The highest BCUT2D eigenvalue weighted by Gasteiger charge is 2.61. The van der Waals surface area contributed by atoms with Crippen LogP contribution in [0.15, 0.2) is 18.2 Å². The van der Waals surface area contributed by atoms with E-state index in [4.69, 9.17) is 14.1 Å². The Hall–Kier alpha value is -3.39. The van der Waals surface area contributed by atoms with E-state index in [1.165, 1.54) is 21.9 Å². The number of nitrogens with one attached hydrogen (secondary N) is 2. The summed E-state index contributed by atoms with van der Waals surface area (Å²) >= 11 is 0. The number of amides is 4. The third-order valence-electron chi connectivity index (χ3n) is 12.0. The number of halogens is 1. The lowest BCUT2D eigenvalue weighted by molar-refractivity contribution is -0.187. The van der Waals surface area contributed by atoms with E-state index < -0.39 is 71.9 Å². The average molecular weight is 743 g/mol. The van der Waals surface area contributed by atoms with Crippen molar-refractivity contribution >= 4 is 31.1 Å². The highest BCUT2D eigenvalue weighted by Crippen LogP contribution is 2.63. The molecule has 4 amide bonds. The second-order valence-corrected chi connectivity index (χ2v) is 18.5. The van der Waals surface area contributed by atoms with E-state index in [1.54, 1.807) is 47.6 Å². The highest BCUT2D eigenvalue weighted by atomic mass is 19.1. The fourth-order valence-corrected chi connectivity index (χ4v) is 8.84. The summed E-state index contributed by atoms with van der Waals surface area (Å²) in [5.41, 5.74) is -0.363. The van der Waals surface area contributed by atoms with E-state index in [9.17, 15) is 28.6 Å². The summed E-state index contributed by atoms with van der Waals surface area (Å²) in [4.78, 5) is 57.9. The van der Waals surface area contributed by atoms with Crippen LogP contribution in [0.2, 0.25) is 0 Å². The van der Waals surface area contributed by atoms with Crippen molar-refractivity contribution in [1.82, 2.24) is 20.4 Å². The minimum atomic E-state index is -1.28. The number of hydrogen-bond acceptors (Lipinski definition) is 8. The van der Waals surface area contributed by atoms with Gasteiger partial charge >= 0.3 is 19.3 Å². The van der Waals surface area contributed by atoms with Crippen LogP contribution in [-0.2, 0) is 36.7 Å². The van der Waals surface area contributed by atoms with Crippen molar-refractivity contribution in [2.24, 2.45) is 22.7 Å². The molecule has 2 heterocycles. The number of carbonyl (C=O) groups is 4. The maximum absolute atomic E-state index is 14.4. The number of carbonyl (C=O) groups excluding carboxylic acids is 4. The predicted molar refractivity (Wildman–Crippen MR) is 198 cm³/mol. The zero-order valence-electron chi connectivity index (χ0n) is 33.2. The van der Waals surface area contributed by atoms with Crippen molar-refractivity contribution < 1.29 is 42.7 Å². The van der Waals surface area contributed by atoms with Crippen LogP contribution in [0.5, 0.6) is 0 Å². The summed E-state index contributed by atoms with van der Waals surface area (Å²) in [5, 5.41) is 17.1. The third-order valence-corrected chi connectivity index (χ3v) is 12.0. The van der Waals surface area contributed by atoms with E-state index in [0.29, 0.717) is 25.3 Å². The van der Waals surface area contributed by atoms with Crippen LogP contribution >= 0.6 is 0 Å². The first-order valence-corrected chi connectivity index (χ1v) is 19.2. The number of rotatable bonds is 9. The van der Waals surface area contributed by atoms with Gasteiger partial charge in [0.25, 0.3) is 0 Å². The Morgan fingerprint density at radius 3 is 2.36 bits per heavy atom. The van der Waals surface area contributed by atoms with Gasteiger partial charge in [-0.3, -0.25) is 9.59 Å². The van der Waals surface area contributed by atoms with Crippen molar-refractivity contribution in [3.63, 3.8) is 0 Å². The Labute approximate surface area is 314 Å². The third kappa shape index (κ3) is 8.95. The number of ether oxygens (including phenoxy) is 2. The van der Waals surface area contributed by atoms with Crippen molar-refractivity contribution in [3.8, 4) is 0 Å². The summed E-state index contributed by atoms with van der Waals surface area (Å²) in [7, 11) is -1.28. The Morgan fingerprint density at radius 2 is 1.75 bits per heavy atom. The molecule has 1 aromatic rings. The molecule has 53 heavy (non-hydrogen) atoms. The predicted octanol–water partition coefficient (Wildman–Crippen LogP) is 5.38. The van der Waals surface area contributed by atoms with Crippen LogP contribution in [0.3, 0.4) is 0 Å². The van der Waals surface area contributed by atoms with Crippen LogP contribution in [-0.4, -0.2) is 94.4 Å². The number of nitrogens with zero attached hydrogens (tertiary/aromatic N) is 2. The van der Waals surface area contributed by atoms with Crippen molar-refractivity contribution in [2.75, 3.05) is 13.1 Å². The average Bonchev–Trinajstić information content (AvgIpc) is 3.47. The van der Waals surface area contributed by atoms with Crippen molar-refractivity contribution in [1.29, 1.82) is 0 Å². The van der Waals surface area contributed by atoms with Gasteiger partial charge in [0, 0.05) is 19.5 Å². The fraction of sp³-hybridized carbons (Fsp3) is 0.744. The lowest BCUT2D eigenvalue weighted by atomic mass is 9.44. The number of likely N-dealkylation sites (tertiary alicyclic amines) is 1. The number of fused-ring (bicyclic) bond motifs is 3. The van der Waals surface area contributed by atoms with Crippen molar-refractivity contribution in [3.05, 3.63) is 35.1 Å². The molecular weight excluding hydrogens is 682 g/mol. The Kier molecular flexibility index (Phi) is 11.6. The summed E-state index contributed by atoms with van der Waals surface area (Å²) in [6.07, 6.45) is 1.51. The monoisotopic (exact) mass is 742 g/mol. The lowest BCUT2D eigenvalue weighted by Gasteiger charge is -2.64. The number of benzene rings is 1. The zero-order chi connectivity index (χ0) is 39.3. The molecule has 294 valence electrons. The van der Waals surface area contributed by atoms with Gasteiger partial charge in [-0.25, -0.2) is 14.0 Å². The molecular formula is C39H60BFN4O8. The van der Waals surface area contributed by atoms with Gasteiger partial charge in [-0.05, 0) is 106 Å². The molecule has 3 N–H and O–H groups in total. The maximum Gasteiger partial charge on any atom is 0.478 e. The second kappa shape index (κ2) is 15.0. The van der Waals surface area contributed by atoms with Gasteiger partial charge in [-0.1, -0.05) is 47.6 Å². The molecule has 5 aliphatic rings. The van der Waals surface area contributed by atoms with Gasteiger partial charge in [0.05, 0.1) is 18.1 Å². The summed E-state index contributed by atoms with van der Waals surface area (Å²) in [5.74, 6) is -1.22. The minimum absolute atomic E-state index is 0.00497. The fourth-order valence-electron chi connectivity index (χ4n) is 8.84. The Bertz CT molecular complexity index is 1560. The molecule has 0 spiro atoms. The molecule has 3 aliphatic carbocycles. The molecule has 1 aromatic carbocycles. The SMILES string of the molecule is CC[C@H](NC(=O)[C@@H]1C[C@@H](OC(=O)N2CCc3cc(F)ccc3C2)CN1C(=O)[C@@H](NC(=O)OC(C)(C)C)C(C)(C)C)B(O)O[C@]1(C)CC[C@@H]2C[C@H]1C2(C)C. The summed E-state index contributed by atoms with van der Waals surface area (Å²) < 4.78 is 31.6. The normalized spacial score (nSPS) is 27.5. The van der Waals surface area contributed by atoms with Gasteiger partial charge in [0.2, 0.25) is 11.8 Å². The molecule has 0 unspecified atom stereocenters. The van der Waals surface area contributed by atoms with E-state index in [2.05, 4.69) is 24.5 Å². The van der Waals surface area contributed by atoms with Crippen LogP contribution < -0.4 is 10.6 Å². The van der Waals surface area contributed by atoms with Crippen LogP contribution in [0.4, 0.5) is 14.0 Å². The van der Waals surface area contributed by atoms with Gasteiger partial charge in [-0.2, -0.15) is 0 Å². The Balaban J connectivity index is 1.33. The standard InChI is InChI=1S/C39H60BFN4O8/c1-11-30(40(50)53-39(10)16-14-25-19-29(39)38(25,8)9)42-32(46)28-20-27(51-35(49)44-17-15-23-18-26(41)13-12-24(23)21-44)22-45(28)33(47)31(36(2,3)4)43-34(48)52-37(5,6)7/h12-13,18,25,27-31,50H,11,14-17,19-22H2,1-10H3,(H,42,46)(H,43,48)/t25-,27-,28+,29+,30+,31-,39-/m1/s1. The Morgan fingerprint density at radius 1 is 1.06 bits per heavy atom. The second-order valence-electron chi connectivity index (χ2n) is 18.5. The first-order valence-electron chi connectivity index (χ1n) is 19.2.